The van der Waals surface area contributed by atoms with E-state index in [2.05, 4.69) is 56.8 Å². The molecule has 0 bridgehead atoms. The van der Waals surface area contributed by atoms with Gasteiger partial charge in [0.25, 0.3) is 11.8 Å². The Balaban J connectivity index is 2.20. The van der Waals surface area contributed by atoms with E-state index in [4.69, 9.17) is 0 Å². The van der Waals surface area contributed by atoms with Crippen LogP contribution in [0.2, 0.25) is 0 Å². The molecule has 2 heterocycles. The Kier molecular flexibility index (Phi) is 5.07. The van der Waals surface area contributed by atoms with Crippen LogP contribution >= 0.6 is 0 Å². The highest BCUT2D eigenvalue weighted by Crippen LogP contribution is 2.23. The number of amides is 2. The first-order chi connectivity index (χ1) is 11.5. The van der Waals surface area contributed by atoms with Crippen LogP contribution in [0, 0.1) is 0 Å². The fraction of sp³-hybridized carbons (Fsp3) is 0.400. The SMILES string of the molecule is CC(C)(C)c1ccnc(C(=O)NC(=O)c2cc(C(C)(C)C)ccn2)c1. The predicted molar refractivity (Wildman–Crippen MR) is 97.7 cm³/mol. The smallest absolute Gasteiger partial charge is 0.276 e. The van der Waals surface area contributed by atoms with Crippen molar-refractivity contribution in [2.45, 2.75) is 52.4 Å². The Labute approximate surface area is 148 Å². The van der Waals surface area contributed by atoms with Gasteiger partial charge in [0.1, 0.15) is 11.4 Å². The summed E-state index contributed by atoms with van der Waals surface area (Å²) in [7, 11) is 0. The van der Waals surface area contributed by atoms with Gasteiger partial charge < -0.3 is 0 Å². The molecule has 0 aliphatic carbocycles. The zero-order valence-electron chi connectivity index (χ0n) is 15.7. The van der Waals surface area contributed by atoms with Gasteiger partial charge in [0, 0.05) is 12.4 Å². The fourth-order valence-electron chi connectivity index (χ4n) is 2.27. The molecule has 0 radical (unpaired) electrons. The molecular formula is C20H25N3O2. The lowest BCUT2D eigenvalue weighted by molar-refractivity contribution is 0.0843. The number of nitrogens with one attached hydrogen (secondary N) is 1. The van der Waals surface area contributed by atoms with Crippen molar-refractivity contribution in [3.05, 3.63) is 59.2 Å². The molecule has 25 heavy (non-hydrogen) atoms. The first-order valence-corrected chi connectivity index (χ1v) is 8.27. The second-order valence-corrected chi connectivity index (χ2v) is 8.14. The van der Waals surface area contributed by atoms with E-state index in [9.17, 15) is 9.59 Å². The number of carbonyl (C=O) groups is 2. The monoisotopic (exact) mass is 339 g/mol. The maximum Gasteiger partial charge on any atom is 0.276 e. The van der Waals surface area contributed by atoms with Crippen LogP contribution in [0.1, 0.15) is 73.6 Å². The van der Waals surface area contributed by atoms with Crippen LogP contribution in [0.15, 0.2) is 36.7 Å². The topological polar surface area (TPSA) is 72.0 Å². The average molecular weight is 339 g/mol. The van der Waals surface area contributed by atoms with E-state index in [-0.39, 0.29) is 22.2 Å². The molecule has 0 atom stereocenters. The van der Waals surface area contributed by atoms with Gasteiger partial charge in [0.2, 0.25) is 0 Å². The van der Waals surface area contributed by atoms with Crippen molar-refractivity contribution in [3.8, 4) is 0 Å². The third-order valence-corrected chi connectivity index (χ3v) is 3.94. The molecule has 5 nitrogen and oxygen atoms in total. The minimum atomic E-state index is -0.529. The highest BCUT2D eigenvalue weighted by atomic mass is 16.2. The molecular weight excluding hydrogens is 314 g/mol. The molecule has 132 valence electrons. The molecule has 0 aliphatic heterocycles. The van der Waals surface area contributed by atoms with Crippen molar-refractivity contribution in [3.63, 3.8) is 0 Å². The van der Waals surface area contributed by atoms with E-state index in [1.807, 2.05) is 12.1 Å². The summed E-state index contributed by atoms with van der Waals surface area (Å²) in [4.78, 5) is 32.9. The highest BCUT2D eigenvalue weighted by molar-refractivity contribution is 6.09. The van der Waals surface area contributed by atoms with Crippen LogP contribution in [0.5, 0.6) is 0 Å². The minimum absolute atomic E-state index is 0.107. The number of aromatic nitrogens is 2. The van der Waals surface area contributed by atoms with E-state index in [0.29, 0.717) is 0 Å². The molecule has 0 saturated carbocycles. The van der Waals surface area contributed by atoms with Crippen molar-refractivity contribution in [1.29, 1.82) is 0 Å². The largest absolute Gasteiger partial charge is 0.285 e. The number of nitrogens with zero attached hydrogens (tertiary/aromatic N) is 2. The van der Waals surface area contributed by atoms with Crippen molar-refractivity contribution in [1.82, 2.24) is 15.3 Å². The summed E-state index contributed by atoms with van der Waals surface area (Å²) in [5.74, 6) is -1.06. The van der Waals surface area contributed by atoms with Gasteiger partial charge >= 0.3 is 0 Å². The quantitative estimate of drug-likeness (QED) is 0.848. The average Bonchev–Trinajstić information content (AvgIpc) is 2.53. The second-order valence-electron chi connectivity index (χ2n) is 8.14. The summed E-state index contributed by atoms with van der Waals surface area (Å²) < 4.78 is 0. The second kappa shape index (κ2) is 6.75. The minimum Gasteiger partial charge on any atom is -0.285 e. The summed E-state index contributed by atoms with van der Waals surface area (Å²) in [6.07, 6.45) is 3.16. The highest BCUT2D eigenvalue weighted by Gasteiger charge is 2.20. The Bertz CT molecular complexity index is 732. The number of hydrogen-bond donors (Lipinski definition) is 1. The molecule has 2 aromatic heterocycles. The predicted octanol–water partition coefficient (Wildman–Crippen LogP) is 3.64. The van der Waals surface area contributed by atoms with Crippen LogP contribution < -0.4 is 5.32 Å². The van der Waals surface area contributed by atoms with Gasteiger partial charge in [-0.05, 0) is 46.2 Å². The molecule has 2 amide bonds. The number of carbonyl (C=O) groups excluding carboxylic acids is 2. The summed E-state index contributed by atoms with van der Waals surface area (Å²) in [5.41, 5.74) is 2.18. The third-order valence-electron chi connectivity index (χ3n) is 3.94. The van der Waals surface area contributed by atoms with Gasteiger partial charge in [0.05, 0.1) is 0 Å². The van der Waals surface area contributed by atoms with E-state index < -0.39 is 11.8 Å². The third kappa shape index (κ3) is 4.72. The fourth-order valence-corrected chi connectivity index (χ4v) is 2.27. The molecule has 0 saturated heterocycles. The lowest BCUT2D eigenvalue weighted by Gasteiger charge is -2.19. The van der Waals surface area contributed by atoms with Crippen LogP contribution in [0.4, 0.5) is 0 Å². The van der Waals surface area contributed by atoms with Crippen LogP contribution in [-0.4, -0.2) is 21.8 Å². The normalized spacial score (nSPS) is 11.9. The summed E-state index contributed by atoms with van der Waals surface area (Å²) >= 11 is 0. The summed E-state index contributed by atoms with van der Waals surface area (Å²) in [5, 5.41) is 2.37. The number of rotatable bonds is 2. The maximum atomic E-state index is 12.4. The standard InChI is InChI=1S/C20H25N3O2/c1-19(2,3)13-7-9-21-15(11-13)17(24)23-18(25)16-12-14(8-10-22-16)20(4,5)6/h7-12H,1-6H3,(H,23,24,25). The zero-order valence-corrected chi connectivity index (χ0v) is 15.7. The molecule has 0 fully saturated rings. The van der Waals surface area contributed by atoms with Crippen LogP contribution in [0.3, 0.4) is 0 Å². The van der Waals surface area contributed by atoms with Gasteiger partial charge in [-0.15, -0.1) is 0 Å². The van der Waals surface area contributed by atoms with Crippen molar-refractivity contribution in [2.24, 2.45) is 0 Å². The summed E-state index contributed by atoms with van der Waals surface area (Å²) in [6.45, 7) is 12.3. The first kappa shape index (κ1) is 18.8. The number of imide groups is 1. The maximum absolute atomic E-state index is 12.4. The van der Waals surface area contributed by atoms with Gasteiger partial charge in [-0.3, -0.25) is 24.9 Å². The van der Waals surface area contributed by atoms with E-state index >= 15 is 0 Å². The van der Waals surface area contributed by atoms with E-state index in [1.165, 1.54) is 0 Å². The van der Waals surface area contributed by atoms with Crippen molar-refractivity contribution >= 4 is 11.8 Å². The molecule has 0 aliphatic rings. The summed E-state index contributed by atoms with van der Waals surface area (Å²) in [6, 6.07) is 7.16. The lowest BCUT2D eigenvalue weighted by Crippen LogP contribution is -2.32. The van der Waals surface area contributed by atoms with Crippen molar-refractivity contribution in [2.75, 3.05) is 0 Å². The van der Waals surface area contributed by atoms with Gasteiger partial charge in [-0.2, -0.15) is 0 Å². The molecule has 0 spiro atoms. The van der Waals surface area contributed by atoms with E-state index in [1.54, 1.807) is 24.5 Å². The molecule has 2 aromatic rings. The Hall–Kier alpha value is -2.56. The first-order valence-electron chi connectivity index (χ1n) is 8.27. The molecule has 2 rings (SSSR count). The van der Waals surface area contributed by atoms with Gasteiger partial charge in [-0.25, -0.2) is 0 Å². The Morgan fingerprint density at radius 2 is 1.12 bits per heavy atom. The Morgan fingerprint density at radius 3 is 1.44 bits per heavy atom. The molecule has 5 heteroatoms. The zero-order chi connectivity index (χ0) is 18.8. The Morgan fingerprint density at radius 1 is 0.760 bits per heavy atom. The van der Waals surface area contributed by atoms with Crippen molar-refractivity contribution < 1.29 is 9.59 Å². The number of hydrogen-bond acceptors (Lipinski definition) is 4. The van der Waals surface area contributed by atoms with Crippen LogP contribution in [-0.2, 0) is 10.8 Å². The number of pyridine rings is 2. The molecule has 0 aromatic carbocycles. The molecule has 1 N–H and O–H groups in total. The van der Waals surface area contributed by atoms with Gasteiger partial charge in [0.15, 0.2) is 0 Å². The van der Waals surface area contributed by atoms with Gasteiger partial charge in [-0.1, -0.05) is 41.5 Å². The molecule has 0 unspecified atom stereocenters. The van der Waals surface area contributed by atoms with E-state index in [0.717, 1.165) is 11.1 Å². The lowest BCUT2D eigenvalue weighted by atomic mass is 9.87. The van der Waals surface area contributed by atoms with Crippen LogP contribution in [0.25, 0.3) is 0 Å².